The second kappa shape index (κ2) is 6.09. The van der Waals surface area contributed by atoms with Crippen LogP contribution in [0.4, 0.5) is 0 Å². The van der Waals surface area contributed by atoms with Crippen LogP contribution in [0, 0.1) is 0 Å². The molecule has 3 nitrogen and oxygen atoms in total. The molecule has 0 radical (unpaired) electrons. The largest absolute Gasteiger partial charge is 0.465 e. The van der Waals surface area contributed by atoms with Crippen LogP contribution in [0.2, 0.25) is 0 Å². The Morgan fingerprint density at radius 2 is 2.47 bits per heavy atom. The van der Waals surface area contributed by atoms with E-state index in [0.717, 1.165) is 0 Å². The van der Waals surface area contributed by atoms with E-state index in [1.165, 1.54) is 6.08 Å². The van der Waals surface area contributed by atoms with E-state index in [-0.39, 0.29) is 0 Å². The monoisotopic (exact) mass is 226 g/mol. The molecule has 1 aromatic rings. The summed E-state index contributed by atoms with van der Waals surface area (Å²) < 4.78 is 9.74. The van der Waals surface area contributed by atoms with Crippen LogP contribution in [0.5, 0.6) is 0 Å². The molecule has 0 amide bonds. The summed E-state index contributed by atoms with van der Waals surface area (Å²) in [6, 6.07) is 3.55. The number of furan rings is 1. The number of halogens is 1. The quantitative estimate of drug-likeness (QED) is 0.450. The highest BCUT2D eigenvalue weighted by atomic mass is 35.5. The van der Waals surface area contributed by atoms with Gasteiger partial charge in [0.25, 0.3) is 0 Å². The molecule has 0 aliphatic heterocycles. The molecule has 0 aliphatic rings. The van der Waals surface area contributed by atoms with Crippen LogP contribution < -0.4 is 0 Å². The molecule has 0 spiro atoms. The lowest BCUT2D eigenvalue weighted by atomic mass is 10.3. The van der Waals surface area contributed by atoms with Crippen molar-refractivity contribution in [2.24, 2.45) is 0 Å². The summed E-state index contributed by atoms with van der Waals surface area (Å²) in [6.07, 6.45) is 6.00. The van der Waals surface area contributed by atoms with E-state index >= 15 is 0 Å². The Labute approximate surface area is 93.0 Å². The SMILES string of the molecule is CCOC(=O)/C=C(Cl)\C=C\c1ccco1. The van der Waals surface area contributed by atoms with Gasteiger partial charge in [-0.15, -0.1) is 0 Å². The van der Waals surface area contributed by atoms with Gasteiger partial charge in [0.1, 0.15) is 5.76 Å². The molecule has 0 N–H and O–H groups in total. The zero-order chi connectivity index (χ0) is 11.1. The third-order valence-electron chi connectivity index (χ3n) is 1.49. The summed E-state index contributed by atoms with van der Waals surface area (Å²) in [5.41, 5.74) is 0. The lowest BCUT2D eigenvalue weighted by Crippen LogP contribution is -1.99. The van der Waals surface area contributed by atoms with Crippen LogP contribution in [0.25, 0.3) is 6.08 Å². The van der Waals surface area contributed by atoms with E-state index in [1.807, 2.05) is 0 Å². The van der Waals surface area contributed by atoms with Crippen molar-refractivity contribution in [2.75, 3.05) is 6.61 Å². The van der Waals surface area contributed by atoms with Gasteiger partial charge in [0.15, 0.2) is 0 Å². The molecule has 1 rings (SSSR count). The van der Waals surface area contributed by atoms with Crippen LogP contribution in [0.3, 0.4) is 0 Å². The Hall–Kier alpha value is -1.48. The summed E-state index contributed by atoms with van der Waals surface area (Å²) in [5.74, 6) is 0.219. The first kappa shape index (κ1) is 11.6. The Kier molecular flexibility index (Phi) is 4.71. The number of esters is 1. The first-order valence-corrected chi connectivity index (χ1v) is 4.85. The number of hydrogen-bond donors (Lipinski definition) is 0. The maximum absolute atomic E-state index is 11.0. The molecule has 0 saturated carbocycles. The number of carbonyl (C=O) groups excluding carboxylic acids is 1. The third-order valence-corrected chi connectivity index (χ3v) is 1.73. The Morgan fingerprint density at radius 1 is 1.67 bits per heavy atom. The van der Waals surface area contributed by atoms with Crippen molar-refractivity contribution in [1.82, 2.24) is 0 Å². The lowest BCUT2D eigenvalue weighted by molar-refractivity contribution is -0.137. The number of rotatable bonds is 4. The van der Waals surface area contributed by atoms with E-state index in [4.69, 9.17) is 20.8 Å². The Morgan fingerprint density at radius 3 is 3.07 bits per heavy atom. The molecule has 15 heavy (non-hydrogen) atoms. The molecule has 0 aliphatic carbocycles. The van der Waals surface area contributed by atoms with Gasteiger partial charge in [-0.1, -0.05) is 11.6 Å². The Balaban J connectivity index is 2.54. The van der Waals surface area contributed by atoms with Crippen LogP contribution >= 0.6 is 11.6 Å². The molecular formula is C11H11ClO3. The third kappa shape index (κ3) is 4.51. The van der Waals surface area contributed by atoms with Gasteiger partial charge in [0, 0.05) is 11.1 Å². The van der Waals surface area contributed by atoms with Gasteiger partial charge < -0.3 is 9.15 Å². The minimum absolute atomic E-state index is 0.296. The zero-order valence-electron chi connectivity index (χ0n) is 8.27. The van der Waals surface area contributed by atoms with Gasteiger partial charge in [-0.25, -0.2) is 4.79 Å². The minimum Gasteiger partial charge on any atom is -0.465 e. The topological polar surface area (TPSA) is 39.4 Å². The maximum atomic E-state index is 11.0. The van der Waals surface area contributed by atoms with Crippen molar-refractivity contribution in [3.05, 3.63) is 41.3 Å². The van der Waals surface area contributed by atoms with E-state index in [0.29, 0.717) is 17.4 Å². The summed E-state index contributed by atoms with van der Waals surface area (Å²) >= 11 is 5.76. The molecule has 4 heteroatoms. The molecule has 0 unspecified atom stereocenters. The molecule has 0 fully saturated rings. The highest BCUT2D eigenvalue weighted by Gasteiger charge is 1.97. The van der Waals surface area contributed by atoms with Gasteiger partial charge >= 0.3 is 5.97 Å². The number of ether oxygens (including phenoxy) is 1. The number of carbonyl (C=O) groups is 1. The minimum atomic E-state index is -0.452. The number of hydrogen-bond acceptors (Lipinski definition) is 3. The first-order valence-electron chi connectivity index (χ1n) is 4.48. The van der Waals surface area contributed by atoms with Crippen molar-refractivity contribution < 1.29 is 13.9 Å². The van der Waals surface area contributed by atoms with E-state index in [9.17, 15) is 4.79 Å². The normalized spacial score (nSPS) is 12.0. The molecule has 0 saturated heterocycles. The van der Waals surface area contributed by atoms with E-state index in [1.54, 1.807) is 37.5 Å². The van der Waals surface area contributed by atoms with E-state index in [2.05, 4.69) is 0 Å². The fourth-order valence-electron chi connectivity index (χ4n) is 0.892. The molecule has 0 bridgehead atoms. The second-order valence-corrected chi connectivity index (χ2v) is 3.07. The fraction of sp³-hybridized carbons (Fsp3) is 0.182. The fourth-order valence-corrected chi connectivity index (χ4v) is 1.04. The van der Waals surface area contributed by atoms with E-state index < -0.39 is 5.97 Å². The maximum Gasteiger partial charge on any atom is 0.332 e. The molecule has 1 heterocycles. The summed E-state index contributed by atoms with van der Waals surface area (Å²) in [5, 5.41) is 0.296. The zero-order valence-corrected chi connectivity index (χ0v) is 9.03. The van der Waals surface area contributed by atoms with Gasteiger partial charge in [0.05, 0.1) is 12.9 Å². The van der Waals surface area contributed by atoms with Crippen molar-refractivity contribution in [2.45, 2.75) is 6.92 Å². The molecular weight excluding hydrogens is 216 g/mol. The van der Waals surface area contributed by atoms with Crippen LogP contribution in [-0.4, -0.2) is 12.6 Å². The van der Waals surface area contributed by atoms with Crippen LogP contribution in [0.15, 0.2) is 40.0 Å². The molecule has 0 atom stereocenters. The predicted octanol–water partition coefficient (Wildman–Crippen LogP) is 2.98. The van der Waals surface area contributed by atoms with Crippen LogP contribution in [-0.2, 0) is 9.53 Å². The molecule has 80 valence electrons. The second-order valence-electron chi connectivity index (χ2n) is 2.63. The highest BCUT2D eigenvalue weighted by molar-refractivity contribution is 6.32. The van der Waals surface area contributed by atoms with Crippen molar-refractivity contribution in [3.63, 3.8) is 0 Å². The summed E-state index contributed by atoms with van der Waals surface area (Å²) in [7, 11) is 0. The smallest absolute Gasteiger partial charge is 0.332 e. The van der Waals surface area contributed by atoms with Crippen molar-refractivity contribution >= 4 is 23.6 Å². The summed E-state index contributed by atoms with van der Waals surface area (Å²) in [4.78, 5) is 11.0. The van der Waals surface area contributed by atoms with Gasteiger partial charge in [-0.05, 0) is 31.2 Å². The molecule has 1 aromatic heterocycles. The van der Waals surface area contributed by atoms with Crippen molar-refractivity contribution in [3.8, 4) is 0 Å². The average Bonchev–Trinajstić information content (AvgIpc) is 2.67. The van der Waals surface area contributed by atoms with Crippen molar-refractivity contribution in [1.29, 1.82) is 0 Å². The lowest BCUT2D eigenvalue weighted by Gasteiger charge is -1.94. The Bertz CT molecular complexity index is 363. The predicted molar refractivity (Wildman–Crippen MR) is 58.3 cm³/mol. The van der Waals surface area contributed by atoms with Gasteiger partial charge in [-0.2, -0.15) is 0 Å². The number of allylic oxidation sites excluding steroid dienone is 2. The van der Waals surface area contributed by atoms with Gasteiger partial charge in [-0.3, -0.25) is 0 Å². The average molecular weight is 227 g/mol. The first-order chi connectivity index (χ1) is 7.22. The standard InChI is InChI=1S/C11H11ClO3/c1-2-14-11(13)8-9(12)5-6-10-4-3-7-15-10/h3-8H,2H2,1H3/b6-5+,9-8+. The highest BCUT2D eigenvalue weighted by Crippen LogP contribution is 2.09. The summed E-state index contributed by atoms with van der Waals surface area (Å²) in [6.45, 7) is 2.07. The molecule has 0 aromatic carbocycles. The van der Waals surface area contributed by atoms with Gasteiger partial charge in [0.2, 0.25) is 0 Å². The van der Waals surface area contributed by atoms with Crippen LogP contribution in [0.1, 0.15) is 12.7 Å².